The van der Waals surface area contributed by atoms with Crippen LogP contribution >= 0.6 is 0 Å². The summed E-state index contributed by atoms with van der Waals surface area (Å²) in [6.07, 6.45) is 3.05. The zero-order valence-corrected chi connectivity index (χ0v) is 12.7. The molecule has 0 radical (unpaired) electrons. The van der Waals surface area contributed by atoms with Gasteiger partial charge in [0.1, 0.15) is 0 Å². The van der Waals surface area contributed by atoms with Gasteiger partial charge in [-0.1, -0.05) is 33.6 Å². The van der Waals surface area contributed by atoms with Crippen molar-refractivity contribution in [3.8, 4) is 0 Å². The van der Waals surface area contributed by atoms with Crippen molar-refractivity contribution in [2.45, 2.75) is 46.1 Å². The molecule has 0 aliphatic heterocycles. The molecule has 0 saturated heterocycles. The predicted octanol–water partition coefficient (Wildman–Crippen LogP) is 1.45. The first-order valence-electron chi connectivity index (χ1n) is 7.12. The highest BCUT2D eigenvalue weighted by molar-refractivity contribution is 5.78. The molecular formula is C14H31N3O. The maximum absolute atomic E-state index is 11.9. The fraction of sp³-hybridized carbons (Fsp3) is 0.929. The average molecular weight is 257 g/mol. The predicted molar refractivity (Wildman–Crippen MR) is 77.4 cm³/mol. The van der Waals surface area contributed by atoms with Gasteiger partial charge in [0.2, 0.25) is 5.91 Å². The Morgan fingerprint density at radius 1 is 1.28 bits per heavy atom. The Morgan fingerprint density at radius 3 is 2.22 bits per heavy atom. The minimum absolute atomic E-state index is 0.0134. The molecule has 18 heavy (non-hydrogen) atoms. The van der Waals surface area contributed by atoms with Crippen molar-refractivity contribution in [3.05, 3.63) is 0 Å². The zero-order chi connectivity index (χ0) is 14.1. The van der Waals surface area contributed by atoms with Crippen molar-refractivity contribution in [3.63, 3.8) is 0 Å². The van der Waals surface area contributed by atoms with Gasteiger partial charge in [-0.3, -0.25) is 4.79 Å². The van der Waals surface area contributed by atoms with E-state index in [0.29, 0.717) is 18.5 Å². The molecule has 0 saturated carbocycles. The van der Waals surface area contributed by atoms with Crippen LogP contribution in [0.5, 0.6) is 0 Å². The molecule has 0 rings (SSSR count). The van der Waals surface area contributed by atoms with E-state index in [4.69, 9.17) is 5.73 Å². The Balaban J connectivity index is 4.31. The fourth-order valence-electron chi connectivity index (χ4n) is 2.36. The second kappa shape index (κ2) is 9.34. The summed E-state index contributed by atoms with van der Waals surface area (Å²) < 4.78 is 0. The molecule has 0 spiro atoms. The molecule has 2 unspecified atom stereocenters. The molecule has 108 valence electrons. The number of carbonyl (C=O) groups excluding carboxylic acids is 1. The molecule has 0 aromatic carbocycles. The average Bonchev–Trinajstić information content (AvgIpc) is 2.33. The first kappa shape index (κ1) is 17.4. The first-order valence-corrected chi connectivity index (χ1v) is 7.12. The van der Waals surface area contributed by atoms with E-state index >= 15 is 0 Å². The van der Waals surface area contributed by atoms with Gasteiger partial charge in [-0.25, -0.2) is 0 Å². The van der Waals surface area contributed by atoms with E-state index in [-0.39, 0.29) is 11.8 Å². The lowest BCUT2D eigenvalue weighted by Crippen LogP contribution is -2.45. The number of amides is 1. The summed E-state index contributed by atoms with van der Waals surface area (Å²) in [6.45, 7) is 7.66. The number of nitrogens with two attached hydrogens (primary N) is 1. The lowest BCUT2D eigenvalue weighted by Gasteiger charge is -2.31. The van der Waals surface area contributed by atoms with Gasteiger partial charge in [0, 0.05) is 18.5 Å². The summed E-state index contributed by atoms with van der Waals surface area (Å²) in [4.78, 5) is 14.1. The summed E-state index contributed by atoms with van der Waals surface area (Å²) in [5.41, 5.74) is 5.47. The Morgan fingerprint density at radius 2 is 1.83 bits per heavy atom. The van der Waals surface area contributed by atoms with Crippen LogP contribution < -0.4 is 11.1 Å². The Hall–Kier alpha value is -0.610. The normalized spacial score (nSPS) is 14.9. The highest BCUT2D eigenvalue weighted by atomic mass is 16.1. The Labute approximate surface area is 112 Å². The number of nitrogens with one attached hydrogen (secondary N) is 1. The molecule has 2 atom stereocenters. The SMILES string of the molecule is CCC(CC)C(CNC(=O)C(C)CCN)N(C)C. The molecule has 0 aliphatic rings. The first-order chi connectivity index (χ1) is 8.47. The molecule has 4 nitrogen and oxygen atoms in total. The van der Waals surface area contributed by atoms with Gasteiger partial charge >= 0.3 is 0 Å². The van der Waals surface area contributed by atoms with E-state index in [1.165, 1.54) is 0 Å². The van der Waals surface area contributed by atoms with Gasteiger partial charge in [0.15, 0.2) is 0 Å². The smallest absolute Gasteiger partial charge is 0.222 e. The van der Waals surface area contributed by atoms with Gasteiger partial charge in [0.05, 0.1) is 0 Å². The quantitative estimate of drug-likeness (QED) is 0.657. The van der Waals surface area contributed by atoms with Gasteiger partial charge in [-0.15, -0.1) is 0 Å². The lowest BCUT2D eigenvalue weighted by molar-refractivity contribution is -0.124. The zero-order valence-electron chi connectivity index (χ0n) is 12.7. The van der Waals surface area contributed by atoms with Crippen molar-refractivity contribution in [1.29, 1.82) is 0 Å². The van der Waals surface area contributed by atoms with Crippen molar-refractivity contribution >= 4 is 5.91 Å². The van der Waals surface area contributed by atoms with Crippen molar-refractivity contribution < 1.29 is 4.79 Å². The maximum atomic E-state index is 11.9. The standard InChI is InChI=1S/C14H31N3O/c1-6-12(7-2)13(17(4)5)10-16-14(18)11(3)8-9-15/h11-13H,6-10,15H2,1-5H3,(H,16,18). The molecule has 0 heterocycles. The van der Waals surface area contributed by atoms with E-state index < -0.39 is 0 Å². The number of nitrogens with zero attached hydrogens (tertiary/aromatic N) is 1. The Kier molecular flexibility index (Phi) is 9.02. The molecular weight excluding hydrogens is 226 g/mol. The highest BCUT2D eigenvalue weighted by Crippen LogP contribution is 2.16. The van der Waals surface area contributed by atoms with E-state index in [2.05, 4.69) is 38.2 Å². The number of carbonyl (C=O) groups is 1. The van der Waals surface area contributed by atoms with Crippen LogP contribution in [0.25, 0.3) is 0 Å². The molecule has 1 amide bonds. The van der Waals surface area contributed by atoms with E-state index in [1.54, 1.807) is 0 Å². The van der Waals surface area contributed by atoms with Gasteiger partial charge in [-0.05, 0) is 33.0 Å². The van der Waals surface area contributed by atoms with Crippen LogP contribution in [0.15, 0.2) is 0 Å². The summed E-state index contributed by atoms with van der Waals surface area (Å²) in [6, 6.07) is 0.411. The van der Waals surface area contributed by atoms with E-state index in [0.717, 1.165) is 25.8 Å². The van der Waals surface area contributed by atoms with Crippen molar-refractivity contribution in [2.75, 3.05) is 27.2 Å². The summed E-state index contributed by atoms with van der Waals surface area (Å²) in [7, 11) is 4.16. The molecule has 0 aromatic rings. The third-order valence-electron chi connectivity index (χ3n) is 3.79. The molecule has 4 heteroatoms. The number of rotatable bonds is 9. The minimum Gasteiger partial charge on any atom is -0.354 e. The van der Waals surface area contributed by atoms with Crippen LogP contribution in [0.2, 0.25) is 0 Å². The summed E-state index contributed by atoms with van der Waals surface area (Å²) in [5.74, 6) is 0.767. The molecule has 3 N–H and O–H groups in total. The molecule has 0 aliphatic carbocycles. The van der Waals surface area contributed by atoms with Crippen LogP contribution in [-0.4, -0.2) is 44.0 Å². The molecule has 0 aromatic heterocycles. The highest BCUT2D eigenvalue weighted by Gasteiger charge is 2.22. The van der Waals surface area contributed by atoms with E-state index in [1.807, 2.05) is 6.92 Å². The summed E-state index contributed by atoms with van der Waals surface area (Å²) >= 11 is 0. The van der Waals surface area contributed by atoms with Crippen LogP contribution in [0, 0.1) is 11.8 Å². The minimum atomic E-state index is 0.0134. The molecule has 0 fully saturated rings. The fourth-order valence-corrected chi connectivity index (χ4v) is 2.36. The van der Waals surface area contributed by atoms with Gasteiger partial charge < -0.3 is 16.0 Å². The maximum Gasteiger partial charge on any atom is 0.222 e. The second-order valence-electron chi connectivity index (χ2n) is 5.33. The topological polar surface area (TPSA) is 58.4 Å². The largest absolute Gasteiger partial charge is 0.354 e. The van der Waals surface area contributed by atoms with Crippen LogP contribution in [-0.2, 0) is 4.79 Å². The van der Waals surface area contributed by atoms with Gasteiger partial charge in [-0.2, -0.15) is 0 Å². The third kappa shape index (κ3) is 5.83. The van der Waals surface area contributed by atoms with Crippen LogP contribution in [0.1, 0.15) is 40.0 Å². The number of hydrogen-bond donors (Lipinski definition) is 2. The monoisotopic (exact) mass is 257 g/mol. The molecule has 0 bridgehead atoms. The van der Waals surface area contributed by atoms with Crippen molar-refractivity contribution in [1.82, 2.24) is 10.2 Å². The second-order valence-corrected chi connectivity index (χ2v) is 5.33. The van der Waals surface area contributed by atoms with Gasteiger partial charge in [0.25, 0.3) is 0 Å². The van der Waals surface area contributed by atoms with Crippen molar-refractivity contribution in [2.24, 2.45) is 17.6 Å². The number of hydrogen-bond acceptors (Lipinski definition) is 3. The van der Waals surface area contributed by atoms with E-state index in [9.17, 15) is 4.79 Å². The van der Waals surface area contributed by atoms with Crippen LogP contribution in [0.4, 0.5) is 0 Å². The van der Waals surface area contributed by atoms with Crippen LogP contribution in [0.3, 0.4) is 0 Å². The third-order valence-corrected chi connectivity index (χ3v) is 3.79. The lowest BCUT2D eigenvalue weighted by atomic mass is 9.93. The summed E-state index contributed by atoms with van der Waals surface area (Å²) in [5, 5.41) is 3.06. The Bertz CT molecular complexity index is 227. The number of likely N-dealkylation sites (N-methyl/N-ethyl adjacent to an activating group) is 1.